The van der Waals surface area contributed by atoms with Gasteiger partial charge in [0.25, 0.3) is 0 Å². The molecule has 0 spiro atoms. The minimum Gasteiger partial charge on any atom is -0.269 e. The van der Waals surface area contributed by atoms with Crippen LogP contribution < -0.4 is 0 Å². The molecule has 0 fully saturated rings. The maximum atomic E-state index is 6.19. The molecule has 1 aliphatic heterocycles. The normalized spacial score (nSPS) is 19.7. The topological polar surface area (TPSA) is 12.4 Å². The molecule has 4 aromatic rings. The molecule has 0 amide bonds. The Labute approximate surface area is 222 Å². The molecule has 0 bridgehead atoms. The predicted octanol–water partition coefficient (Wildman–Crippen LogP) is 9.53. The quantitative estimate of drug-likeness (QED) is 0.244. The molecular weight excluding hydrogens is 478 g/mol. The number of aliphatic imine (C=N–C) groups is 1. The van der Waals surface area contributed by atoms with Gasteiger partial charge in [-0.25, -0.2) is 0 Å². The molecule has 36 heavy (non-hydrogen) atoms. The fourth-order valence-electron chi connectivity index (χ4n) is 5.64. The SMILES string of the molecule is C1=Cc2sccc2CC=N1.CC1Cc2c(ccc3cc(Cl)ccc23)C2=C1CC(c1ccccc1)C=C2. The number of hydrogen-bond acceptors (Lipinski definition) is 2. The smallest absolute Gasteiger partial charge is 0.0412 e. The van der Waals surface area contributed by atoms with Gasteiger partial charge in [-0.05, 0) is 87.0 Å². The van der Waals surface area contributed by atoms with Crippen LogP contribution in [0.15, 0.2) is 101 Å². The molecule has 1 nitrogen and oxygen atoms in total. The molecule has 2 aliphatic carbocycles. The molecule has 0 N–H and O–H groups in total. The van der Waals surface area contributed by atoms with Crippen molar-refractivity contribution >= 4 is 51.6 Å². The van der Waals surface area contributed by atoms with Crippen molar-refractivity contribution in [2.75, 3.05) is 0 Å². The molecule has 7 rings (SSSR count). The fourth-order valence-corrected chi connectivity index (χ4v) is 6.65. The Hall–Kier alpha value is -3.20. The zero-order chi connectivity index (χ0) is 24.5. The van der Waals surface area contributed by atoms with Gasteiger partial charge in [-0.15, -0.1) is 11.3 Å². The number of benzene rings is 3. The van der Waals surface area contributed by atoms with Crippen LogP contribution in [0.2, 0.25) is 5.02 Å². The van der Waals surface area contributed by atoms with Gasteiger partial charge in [0.2, 0.25) is 0 Å². The van der Waals surface area contributed by atoms with Gasteiger partial charge in [0.1, 0.15) is 0 Å². The molecule has 3 aromatic carbocycles. The highest BCUT2D eigenvalue weighted by Crippen LogP contribution is 2.45. The van der Waals surface area contributed by atoms with Crippen molar-refractivity contribution < 1.29 is 0 Å². The highest BCUT2D eigenvalue weighted by atomic mass is 35.5. The fraction of sp³-hybridized carbons (Fsp3) is 0.182. The Morgan fingerprint density at radius 1 is 0.944 bits per heavy atom. The van der Waals surface area contributed by atoms with Gasteiger partial charge in [0.05, 0.1) is 0 Å². The molecule has 178 valence electrons. The minimum absolute atomic E-state index is 0.498. The molecular formula is C33H28ClNS. The van der Waals surface area contributed by atoms with E-state index in [1.807, 2.05) is 18.5 Å². The molecule has 1 aromatic heterocycles. The lowest BCUT2D eigenvalue weighted by molar-refractivity contribution is 0.614. The van der Waals surface area contributed by atoms with Crippen LogP contribution in [0.1, 0.15) is 46.4 Å². The molecule has 2 atom stereocenters. The molecule has 2 heterocycles. The van der Waals surface area contributed by atoms with Crippen LogP contribution in [-0.4, -0.2) is 6.21 Å². The van der Waals surface area contributed by atoms with E-state index in [2.05, 4.69) is 96.2 Å². The van der Waals surface area contributed by atoms with Gasteiger partial charge in [0.15, 0.2) is 0 Å². The van der Waals surface area contributed by atoms with Crippen molar-refractivity contribution in [3.63, 3.8) is 0 Å². The van der Waals surface area contributed by atoms with E-state index in [4.69, 9.17) is 11.6 Å². The maximum Gasteiger partial charge on any atom is 0.0412 e. The Morgan fingerprint density at radius 3 is 2.72 bits per heavy atom. The van der Waals surface area contributed by atoms with Crippen molar-refractivity contribution in [2.45, 2.75) is 32.1 Å². The largest absolute Gasteiger partial charge is 0.269 e. The van der Waals surface area contributed by atoms with E-state index < -0.39 is 0 Å². The predicted molar refractivity (Wildman–Crippen MR) is 157 cm³/mol. The summed E-state index contributed by atoms with van der Waals surface area (Å²) in [5.74, 6) is 1.08. The van der Waals surface area contributed by atoms with Crippen molar-refractivity contribution in [2.24, 2.45) is 10.9 Å². The van der Waals surface area contributed by atoms with E-state index in [1.54, 1.807) is 16.9 Å². The molecule has 2 unspecified atom stereocenters. The van der Waals surface area contributed by atoms with E-state index in [9.17, 15) is 0 Å². The van der Waals surface area contributed by atoms with Crippen LogP contribution in [0.5, 0.6) is 0 Å². The van der Waals surface area contributed by atoms with E-state index in [0.717, 1.165) is 24.3 Å². The summed E-state index contributed by atoms with van der Waals surface area (Å²) in [6.07, 6.45) is 13.8. The summed E-state index contributed by atoms with van der Waals surface area (Å²) in [5.41, 5.74) is 8.76. The average molecular weight is 506 g/mol. The lowest BCUT2D eigenvalue weighted by Gasteiger charge is -2.33. The maximum absolute atomic E-state index is 6.19. The number of rotatable bonds is 1. The Balaban J connectivity index is 0.000000200. The number of fused-ring (bicyclic) bond motifs is 5. The third-order valence-electron chi connectivity index (χ3n) is 7.51. The second-order valence-electron chi connectivity index (χ2n) is 9.74. The van der Waals surface area contributed by atoms with Crippen molar-refractivity contribution in [1.82, 2.24) is 0 Å². The summed E-state index contributed by atoms with van der Waals surface area (Å²) in [4.78, 5) is 5.40. The first-order valence-electron chi connectivity index (χ1n) is 12.6. The summed E-state index contributed by atoms with van der Waals surface area (Å²) in [6.45, 7) is 2.38. The van der Waals surface area contributed by atoms with Gasteiger partial charge in [-0.2, -0.15) is 0 Å². The van der Waals surface area contributed by atoms with Crippen molar-refractivity contribution in [3.8, 4) is 0 Å². The minimum atomic E-state index is 0.498. The first-order valence-corrected chi connectivity index (χ1v) is 13.9. The number of allylic oxidation sites excluding steroid dienone is 4. The van der Waals surface area contributed by atoms with Crippen LogP contribution >= 0.6 is 22.9 Å². The molecule has 3 aliphatic rings. The second-order valence-corrected chi connectivity index (χ2v) is 11.1. The van der Waals surface area contributed by atoms with E-state index in [-0.39, 0.29) is 0 Å². The van der Waals surface area contributed by atoms with E-state index >= 15 is 0 Å². The van der Waals surface area contributed by atoms with Crippen molar-refractivity contribution in [3.05, 3.63) is 128 Å². The number of hydrogen-bond donors (Lipinski definition) is 0. The van der Waals surface area contributed by atoms with Crippen molar-refractivity contribution in [1.29, 1.82) is 0 Å². The zero-order valence-electron chi connectivity index (χ0n) is 20.3. The molecule has 3 heteroatoms. The van der Waals surface area contributed by atoms with Crippen LogP contribution in [0.4, 0.5) is 0 Å². The Kier molecular flexibility index (Phi) is 6.48. The van der Waals surface area contributed by atoms with Crippen LogP contribution in [0.25, 0.3) is 22.4 Å². The lowest BCUT2D eigenvalue weighted by atomic mass is 9.71. The highest BCUT2D eigenvalue weighted by Gasteiger charge is 2.28. The van der Waals surface area contributed by atoms with Gasteiger partial charge >= 0.3 is 0 Å². The summed E-state index contributed by atoms with van der Waals surface area (Å²) < 4.78 is 0. The average Bonchev–Trinajstić information content (AvgIpc) is 3.24. The zero-order valence-corrected chi connectivity index (χ0v) is 21.9. The van der Waals surface area contributed by atoms with Gasteiger partial charge in [-0.3, -0.25) is 4.99 Å². The third kappa shape index (κ3) is 4.52. The highest BCUT2D eigenvalue weighted by molar-refractivity contribution is 7.11. The second kappa shape index (κ2) is 10.0. The summed E-state index contributed by atoms with van der Waals surface area (Å²) in [5, 5.41) is 5.52. The molecule has 0 radical (unpaired) electrons. The van der Waals surface area contributed by atoms with Crippen LogP contribution in [0, 0.1) is 5.92 Å². The number of thiophene rings is 1. The molecule has 0 saturated carbocycles. The summed E-state index contributed by atoms with van der Waals surface area (Å²) in [6, 6.07) is 23.8. The first kappa shape index (κ1) is 23.2. The Bertz CT molecular complexity index is 1540. The standard InChI is InChI=1S/C25H21Cl.C8H7NS/c1-16-13-25-21-12-9-20(26)14-19(21)8-11-23(25)22-10-7-18(15-24(16)22)17-5-3-2-4-6-17;1-4-9-5-2-8-7(1)3-6-10-8/h2-12,14,16,18H,13,15H2,1H3;2-6H,1H2. The number of nitrogens with zero attached hydrogens (tertiary/aromatic N) is 1. The summed E-state index contributed by atoms with van der Waals surface area (Å²) in [7, 11) is 0. The van der Waals surface area contributed by atoms with E-state index in [0.29, 0.717) is 11.8 Å². The summed E-state index contributed by atoms with van der Waals surface area (Å²) >= 11 is 7.97. The first-order chi connectivity index (χ1) is 17.7. The lowest BCUT2D eigenvalue weighted by Crippen LogP contribution is -2.18. The monoisotopic (exact) mass is 505 g/mol. The van der Waals surface area contributed by atoms with Gasteiger partial charge in [0, 0.05) is 34.7 Å². The third-order valence-corrected chi connectivity index (χ3v) is 8.67. The van der Waals surface area contributed by atoms with E-state index in [1.165, 1.54) is 43.5 Å². The van der Waals surface area contributed by atoms with Crippen LogP contribution in [-0.2, 0) is 12.8 Å². The van der Waals surface area contributed by atoms with Gasteiger partial charge in [-0.1, -0.05) is 84.8 Å². The Morgan fingerprint density at radius 2 is 1.83 bits per heavy atom. The molecule has 0 saturated heterocycles. The van der Waals surface area contributed by atoms with Crippen LogP contribution in [0.3, 0.4) is 0 Å². The van der Waals surface area contributed by atoms with Gasteiger partial charge < -0.3 is 0 Å². The number of halogens is 1.